The Labute approximate surface area is 68.8 Å². The molecule has 2 nitrogen and oxygen atoms in total. The van der Waals surface area contributed by atoms with Crippen LogP contribution in [0.4, 0.5) is 0 Å². The van der Waals surface area contributed by atoms with E-state index in [0.29, 0.717) is 11.3 Å². The summed E-state index contributed by atoms with van der Waals surface area (Å²) in [5, 5.41) is 0.0474. The van der Waals surface area contributed by atoms with E-state index in [4.69, 9.17) is 4.74 Å². The lowest BCUT2D eigenvalue weighted by atomic mass is 10.2. The highest BCUT2D eigenvalue weighted by molar-refractivity contribution is 7.81. The zero-order valence-electron chi connectivity index (χ0n) is 5.53. The molecule has 1 aromatic rings. The molecule has 0 bridgehead atoms. The molecule has 0 spiro atoms. The number of para-hydroxylation sites is 1. The fraction of sp³-hybridized carbons (Fsp3) is 0. The number of Topliss-reactive ketones (excluding diaryl/α,β-unsaturated/α-hetero) is 1. The third kappa shape index (κ3) is 0.851. The second kappa shape index (κ2) is 2.13. The molecule has 1 heterocycles. The van der Waals surface area contributed by atoms with Crippen LogP contribution in [0.15, 0.2) is 24.3 Å². The fourth-order valence-electron chi connectivity index (χ4n) is 0.999. The van der Waals surface area contributed by atoms with Gasteiger partial charge in [0.1, 0.15) is 5.75 Å². The number of benzene rings is 1. The van der Waals surface area contributed by atoms with Gasteiger partial charge in [0.2, 0.25) is 10.8 Å². The van der Waals surface area contributed by atoms with Crippen LogP contribution in [0.1, 0.15) is 10.4 Å². The average molecular weight is 164 g/mol. The Morgan fingerprint density at radius 3 is 2.73 bits per heavy atom. The molecule has 3 heteroatoms. The Morgan fingerprint density at radius 2 is 2.00 bits per heavy atom. The van der Waals surface area contributed by atoms with Crippen molar-refractivity contribution in [2.24, 2.45) is 0 Å². The molecule has 1 aromatic carbocycles. The van der Waals surface area contributed by atoms with E-state index in [9.17, 15) is 4.79 Å². The van der Waals surface area contributed by atoms with Crippen LogP contribution in [0.2, 0.25) is 0 Å². The average Bonchev–Trinajstić information content (AvgIpc) is 2.30. The first kappa shape index (κ1) is 6.49. The highest BCUT2D eigenvalue weighted by Crippen LogP contribution is 2.25. The summed E-state index contributed by atoms with van der Waals surface area (Å²) >= 11 is 4.68. The van der Waals surface area contributed by atoms with Gasteiger partial charge in [0, 0.05) is 0 Å². The molecule has 0 aromatic heterocycles. The minimum absolute atomic E-state index is 0.0474. The summed E-state index contributed by atoms with van der Waals surface area (Å²) in [6.07, 6.45) is 0. The van der Waals surface area contributed by atoms with E-state index in [1.807, 2.05) is 0 Å². The van der Waals surface area contributed by atoms with Gasteiger partial charge in [-0.3, -0.25) is 4.79 Å². The monoisotopic (exact) mass is 164 g/mol. The van der Waals surface area contributed by atoms with Gasteiger partial charge in [-0.05, 0) is 24.4 Å². The summed E-state index contributed by atoms with van der Waals surface area (Å²) in [6.45, 7) is 0. The standard InChI is InChI=1S/C8H4O2S/c9-7-5-3-1-2-4-6(5)10-8(7)11/h1-4H. The van der Waals surface area contributed by atoms with Crippen LogP contribution in [0.25, 0.3) is 0 Å². The van der Waals surface area contributed by atoms with Gasteiger partial charge in [-0.15, -0.1) is 0 Å². The summed E-state index contributed by atoms with van der Waals surface area (Å²) in [7, 11) is 0. The van der Waals surface area contributed by atoms with Crippen molar-refractivity contribution in [3.8, 4) is 5.75 Å². The van der Waals surface area contributed by atoms with Crippen molar-refractivity contribution < 1.29 is 9.53 Å². The van der Waals surface area contributed by atoms with Gasteiger partial charge in [-0.25, -0.2) is 0 Å². The van der Waals surface area contributed by atoms with Gasteiger partial charge in [0.05, 0.1) is 5.56 Å². The number of carbonyl (C=O) groups is 1. The zero-order chi connectivity index (χ0) is 7.84. The molecule has 1 aliphatic heterocycles. The van der Waals surface area contributed by atoms with Crippen molar-refractivity contribution >= 4 is 23.1 Å². The summed E-state index contributed by atoms with van der Waals surface area (Å²) in [5.41, 5.74) is 0.567. The second-order valence-electron chi connectivity index (χ2n) is 2.21. The van der Waals surface area contributed by atoms with Crippen LogP contribution in [0, 0.1) is 0 Å². The van der Waals surface area contributed by atoms with Crippen LogP contribution in [0.3, 0.4) is 0 Å². The van der Waals surface area contributed by atoms with Gasteiger partial charge in [0.15, 0.2) is 0 Å². The number of hydrogen-bond acceptors (Lipinski definition) is 3. The normalized spacial score (nSPS) is 14.5. The van der Waals surface area contributed by atoms with Crippen molar-refractivity contribution in [1.82, 2.24) is 0 Å². The highest BCUT2D eigenvalue weighted by atomic mass is 32.1. The third-order valence-electron chi connectivity index (χ3n) is 1.52. The number of carbonyl (C=O) groups excluding carboxylic acids is 1. The van der Waals surface area contributed by atoms with Crippen molar-refractivity contribution in [3.63, 3.8) is 0 Å². The number of hydrogen-bond donors (Lipinski definition) is 0. The number of fused-ring (bicyclic) bond motifs is 1. The van der Waals surface area contributed by atoms with E-state index in [2.05, 4.69) is 12.2 Å². The molecule has 11 heavy (non-hydrogen) atoms. The van der Waals surface area contributed by atoms with E-state index >= 15 is 0 Å². The molecule has 0 radical (unpaired) electrons. The van der Waals surface area contributed by atoms with Crippen molar-refractivity contribution in [1.29, 1.82) is 0 Å². The Hall–Kier alpha value is -1.22. The molecule has 0 aliphatic carbocycles. The summed E-state index contributed by atoms with van der Waals surface area (Å²) in [5.74, 6) is 0.387. The van der Waals surface area contributed by atoms with Crippen LogP contribution in [0.5, 0.6) is 5.75 Å². The smallest absolute Gasteiger partial charge is 0.243 e. The van der Waals surface area contributed by atoms with Crippen molar-refractivity contribution in [3.05, 3.63) is 29.8 Å². The molecule has 0 atom stereocenters. The molecule has 0 unspecified atom stereocenters. The van der Waals surface area contributed by atoms with Crippen LogP contribution in [-0.4, -0.2) is 10.8 Å². The first-order chi connectivity index (χ1) is 5.29. The molecule has 54 valence electrons. The first-order valence-corrected chi connectivity index (χ1v) is 3.55. The maximum atomic E-state index is 11.1. The summed E-state index contributed by atoms with van der Waals surface area (Å²) in [4.78, 5) is 11.1. The molecule has 0 saturated heterocycles. The quantitative estimate of drug-likeness (QED) is 0.545. The largest absolute Gasteiger partial charge is 0.441 e. The summed E-state index contributed by atoms with van der Waals surface area (Å²) in [6, 6.07) is 7.03. The van der Waals surface area contributed by atoms with Gasteiger partial charge in [0.25, 0.3) is 0 Å². The predicted molar refractivity (Wildman–Crippen MR) is 44.0 cm³/mol. The van der Waals surface area contributed by atoms with E-state index in [-0.39, 0.29) is 10.8 Å². The maximum Gasteiger partial charge on any atom is 0.243 e. The van der Waals surface area contributed by atoms with E-state index in [1.165, 1.54) is 0 Å². The van der Waals surface area contributed by atoms with E-state index in [1.54, 1.807) is 24.3 Å². The zero-order valence-corrected chi connectivity index (χ0v) is 6.35. The van der Waals surface area contributed by atoms with E-state index < -0.39 is 0 Å². The van der Waals surface area contributed by atoms with Crippen LogP contribution >= 0.6 is 12.2 Å². The molecule has 0 amide bonds. The molecule has 2 rings (SSSR count). The maximum absolute atomic E-state index is 11.1. The Kier molecular flexibility index (Phi) is 1.26. The third-order valence-corrected chi connectivity index (χ3v) is 1.79. The number of ketones is 1. The number of ether oxygens (including phenoxy) is 1. The van der Waals surface area contributed by atoms with Crippen molar-refractivity contribution in [2.45, 2.75) is 0 Å². The Morgan fingerprint density at radius 1 is 1.27 bits per heavy atom. The van der Waals surface area contributed by atoms with Gasteiger partial charge >= 0.3 is 0 Å². The van der Waals surface area contributed by atoms with Gasteiger partial charge < -0.3 is 4.74 Å². The highest BCUT2D eigenvalue weighted by Gasteiger charge is 2.25. The summed E-state index contributed by atoms with van der Waals surface area (Å²) < 4.78 is 5.00. The first-order valence-electron chi connectivity index (χ1n) is 3.14. The van der Waals surface area contributed by atoms with E-state index in [0.717, 1.165) is 0 Å². The molecule has 0 fully saturated rings. The predicted octanol–water partition coefficient (Wildman–Crippen LogP) is 1.59. The molecular weight excluding hydrogens is 160 g/mol. The topological polar surface area (TPSA) is 26.3 Å². The lowest BCUT2D eigenvalue weighted by Crippen LogP contribution is -2.07. The van der Waals surface area contributed by atoms with Crippen LogP contribution in [-0.2, 0) is 0 Å². The Bertz CT molecular complexity index is 344. The van der Waals surface area contributed by atoms with Gasteiger partial charge in [-0.2, -0.15) is 0 Å². The molecule has 0 saturated carbocycles. The minimum Gasteiger partial charge on any atom is -0.441 e. The van der Waals surface area contributed by atoms with Crippen molar-refractivity contribution in [2.75, 3.05) is 0 Å². The van der Waals surface area contributed by atoms with Gasteiger partial charge in [-0.1, -0.05) is 12.1 Å². The minimum atomic E-state index is -0.185. The fourth-order valence-corrected chi connectivity index (χ4v) is 1.20. The second-order valence-corrected chi connectivity index (χ2v) is 2.59. The molecule has 0 N–H and O–H groups in total. The van der Waals surface area contributed by atoms with Crippen LogP contribution < -0.4 is 4.74 Å². The number of rotatable bonds is 0. The SMILES string of the molecule is O=C1C(=S)Oc2ccccc21. The lowest BCUT2D eigenvalue weighted by molar-refractivity contribution is 0.106. The Balaban J connectivity index is 2.64. The lowest BCUT2D eigenvalue weighted by Gasteiger charge is -1.91. The molecular formula is C8H4O2S. The number of thiocarbonyl (C=S) groups is 1. The molecule has 1 aliphatic rings.